The summed E-state index contributed by atoms with van der Waals surface area (Å²) in [5.41, 5.74) is 2.10. The van der Waals surface area contributed by atoms with Gasteiger partial charge in [-0.2, -0.15) is 0 Å². The average molecular weight is 398 g/mol. The van der Waals surface area contributed by atoms with Crippen molar-refractivity contribution in [2.24, 2.45) is 0 Å². The minimum absolute atomic E-state index is 0.190. The number of hydrogen-bond donors (Lipinski definition) is 2. The number of rotatable bonds is 5. The Morgan fingerprint density at radius 1 is 1.00 bits per heavy atom. The van der Waals surface area contributed by atoms with E-state index in [-0.39, 0.29) is 5.91 Å². The summed E-state index contributed by atoms with van der Waals surface area (Å²) in [4.78, 5) is 16.6. The van der Waals surface area contributed by atoms with Gasteiger partial charge in [-0.1, -0.05) is 12.1 Å². The first-order valence-corrected chi connectivity index (χ1v) is 8.38. The number of amides is 1. The molecular weight excluding hydrogens is 382 g/mol. The summed E-state index contributed by atoms with van der Waals surface area (Å²) in [5.74, 6) is 1.29. The molecule has 1 aromatic heterocycles. The van der Waals surface area contributed by atoms with E-state index in [4.69, 9.17) is 4.74 Å². The van der Waals surface area contributed by atoms with Crippen LogP contribution in [0.25, 0.3) is 0 Å². The van der Waals surface area contributed by atoms with Crippen LogP contribution in [0.2, 0.25) is 0 Å². The lowest BCUT2D eigenvalue weighted by molar-refractivity contribution is 0.102. The zero-order valence-corrected chi connectivity index (χ0v) is 15.1. The molecule has 5 nitrogen and oxygen atoms in total. The van der Waals surface area contributed by atoms with Crippen LogP contribution in [-0.2, 0) is 0 Å². The quantitative estimate of drug-likeness (QED) is 0.645. The fraction of sp³-hybridized carbons (Fsp3) is 0.0526. The molecule has 0 unspecified atom stereocenters. The highest BCUT2D eigenvalue weighted by atomic mass is 79.9. The van der Waals surface area contributed by atoms with Gasteiger partial charge in [-0.15, -0.1) is 0 Å². The molecule has 2 N–H and O–H groups in total. The number of methoxy groups -OCH3 is 1. The van der Waals surface area contributed by atoms with E-state index in [2.05, 4.69) is 31.5 Å². The van der Waals surface area contributed by atoms with Crippen molar-refractivity contribution in [3.63, 3.8) is 0 Å². The lowest BCUT2D eigenvalue weighted by Gasteiger charge is -2.09. The Hall–Kier alpha value is -2.86. The maximum atomic E-state index is 12.3. The fourth-order valence-corrected chi connectivity index (χ4v) is 2.67. The third kappa shape index (κ3) is 4.36. The van der Waals surface area contributed by atoms with Gasteiger partial charge in [0.05, 0.1) is 24.6 Å². The molecule has 0 aliphatic carbocycles. The largest absolute Gasteiger partial charge is 0.497 e. The van der Waals surface area contributed by atoms with Crippen LogP contribution in [0.1, 0.15) is 10.4 Å². The summed E-state index contributed by atoms with van der Waals surface area (Å²) < 4.78 is 5.88. The van der Waals surface area contributed by atoms with E-state index in [9.17, 15) is 4.79 Å². The van der Waals surface area contributed by atoms with Crippen LogP contribution in [-0.4, -0.2) is 18.0 Å². The van der Waals surface area contributed by atoms with Crippen molar-refractivity contribution >= 4 is 39.0 Å². The number of halogens is 1. The number of carbonyl (C=O) groups excluding carboxylic acids is 1. The molecule has 25 heavy (non-hydrogen) atoms. The summed E-state index contributed by atoms with van der Waals surface area (Å²) in [6, 6.07) is 18.4. The van der Waals surface area contributed by atoms with Gasteiger partial charge in [-0.25, -0.2) is 4.98 Å². The van der Waals surface area contributed by atoms with E-state index in [1.165, 1.54) is 0 Å². The number of aromatic nitrogens is 1. The van der Waals surface area contributed by atoms with Crippen molar-refractivity contribution in [3.05, 3.63) is 76.9 Å². The molecule has 3 aromatic rings. The van der Waals surface area contributed by atoms with Gasteiger partial charge in [0.1, 0.15) is 11.6 Å². The molecule has 2 aromatic carbocycles. The first-order valence-electron chi connectivity index (χ1n) is 7.59. The smallest absolute Gasteiger partial charge is 0.256 e. The Morgan fingerprint density at radius 2 is 1.72 bits per heavy atom. The number of ether oxygens (including phenoxy) is 1. The molecule has 6 heteroatoms. The topological polar surface area (TPSA) is 63.2 Å². The van der Waals surface area contributed by atoms with Crippen molar-refractivity contribution in [2.75, 3.05) is 17.7 Å². The van der Waals surface area contributed by atoms with Crippen LogP contribution in [0.5, 0.6) is 5.75 Å². The summed E-state index contributed by atoms with van der Waals surface area (Å²) in [5, 5.41) is 6.02. The first kappa shape index (κ1) is 17.0. The second-order valence-electron chi connectivity index (χ2n) is 5.22. The van der Waals surface area contributed by atoms with E-state index in [0.29, 0.717) is 17.1 Å². The standard InChI is InChI=1S/C19H16BrN3O2/c1-25-15-9-6-13(7-10-15)22-18-11-8-14(12-21-18)23-19(24)16-4-2-3-5-17(16)20/h2-12H,1H3,(H,21,22)(H,23,24). The molecule has 126 valence electrons. The Kier molecular flexibility index (Phi) is 5.30. The highest BCUT2D eigenvalue weighted by Crippen LogP contribution is 2.21. The zero-order chi connectivity index (χ0) is 17.6. The van der Waals surface area contributed by atoms with Crippen LogP contribution in [0.15, 0.2) is 71.3 Å². The highest BCUT2D eigenvalue weighted by molar-refractivity contribution is 9.10. The second kappa shape index (κ2) is 7.81. The molecule has 0 aliphatic heterocycles. The van der Waals surface area contributed by atoms with Gasteiger partial charge in [-0.05, 0) is 64.5 Å². The Bertz CT molecular complexity index is 865. The van der Waals surface area contributed by atoms with Gasteiger partial charge >= 0.3 is 0 Å². The maximum Gasteiger partial charge on any atom is 0.256 e. The molecule has 0 radical (unpaired) electrons. The molecule has 0 aliphatic rings. The predicted molar refractivity (Wildman–Crippen MR) is 103 cm³/mol. The molecule has 0 spiro atoms. The Morgan fingerprint density at radius 3 is 2.36 bits per heavy atom. The molecule has 3 rings (SSSR count). The lowest BCUT2D eigenvalue weighted by Crippen LogP contribution is -2.12. The monoisotopic (exact) mass is 397 g/mol. The number of anilines is 3. The molecule has 0 saturated heterocycles. The lowest BCUT2D eigenvalue weighted by atomic mass is 10.2. The van der Waals surface area contributed by atoms with E-state index in [1.54, 1.807) is 31.5 Å². The summed E-state index contributed by atoms with van der Waals surface area (Å²) in [7, 11) is 1.63. The highest BCUT2D eigenvalue weighted by Gasteiger charge is 2.09. The van der Waals surface area contributed by atoms with Crippen LogP contribution in [0, 0.1) is 0 Å². The van der Waals surface area contributed by atoms with Crippen LogP contribution in [0.4, 0.5) is 17.2 Å². The van der Waals surface area contributed by atoms with Crippen molar-refractivity contribution in [1.82, 2.24) is 4.98 Å². The SMILES string of the molecule is COc1ccc(Nc2ccc(NC(=O)c3ccccc3Br)cn2)cc1. The minimum atomic E-state index is -0.190. The van der Waals surface area contributed by atoms with Crippen LogP contribution < -0.4 is 15.4 Å². The van der Waals surface area contributed by atoms with Crippen molar-refractivity contribution in [1.29, 1.82) is 0 Å². The zero-order valence-electron chi connectivity index (χ0n) is 13.5. The van der Waals surface area contributed by atoms with Gasteiger partial charge in [0.15, 0.2) is 0 Å². The molecular formula is C19H16BrN3O2. The van der Waals surface area contributed by atoms with Crippen molar-refractivity contribution in [2.45, 2.75) is 0 Å². The third-order valence-corrected chi connectivity index (χ3v) is 4.19. The summed E-state index contributed by atoms with van der Waals surface area (Å²) >= 11 is 3.37. The van der Waals surface area contributed by atoms with Crippen LogP contribution >= 0.6 is 15.9 Å². The Labute approximate surface area is 154 Å². The number of nitrogens with one attached hydrogen (secondary N) is 2. The molecule has 0 saturated carbocycles. The number of nitrogens with zero attached hydrogens (tertiary/aromatic N) is 1. The van der Waals surface area contributed by atoms with E-state index >= 15 is 0 Å². The average Bonchev–Trinajstić information content (AvgIpc) is 2.64. The third-order valence-electron chi connectivity index (χ3n) is 3.50. The maximum absolute atomic E-state index is 12.3. The number of carbonyl (C=O) groups is 1. The van der Waals surface area contributed by atoms with E-state index in [0.717, 1.165) is 15.9 Å². The number of hydrogen-bond acceptors (Lipinski definition) is 4. The second-order valence-corrected chi connectivity index (χ2v) is 6.07. The molecule has 1 amide bonds. The fourth-order valence-electron chi connectivity index (χ4n) is 2.21. The number of benzene rings is 2. The van der Waals surface area contributed by atoms with E-state index in [1.807, 2.05) is 42.5 Å². The van der Waals surface area contributed by atoms with Gasteiger partial charge in [0.2, 0.25) is 0 Å². The molecule has 0 bridgehead atoms. The normalized spacial score (nSPS) is 10.2. The minimum Gasteiger partial charge on any atom is -0.497 e. The molecule has 0 atom stereocenters. The number of pyridine rings is 1. The first-order chi connectivity index (χ1) is 12.2. The van der Waals surface area contributed by atoms with Crippen molar-refractivity contribution in [3.8, 4) is 5.75 Å². The molecule has 0 fully saturated rings. The van der Waals surface area contributed by atoms with Gasteiger partial charge in [0, 0.05) is 10.2 Å². The van der Waals surface area contributed by atoms with Crippen LogP contribution in [0.3, 0.4) is 0 Å². The van der Waals surface area contributed by atoms with Crippen molar-refractivity contribution < 1.29 is 9.53 Å². The van der Waals surface area contributed by atoms with Gasteiger partial charge < -0.3 is 15.4 Å². The summed E-state index contributed by atoms with van der Waals surface area (Å²) in [6.45, 7) is 0. The molecule has 1 heterocycles. The summed E-state index contributed by atoms with van der Waals surface area (Å²) in [6.07, 6.45) is 1.61. The Balaban J connectivity index is 1.65. The predicted octanol–water partition coefficient (Wildman–Crippen LogP) is 4.85. The van der Waals surface area contributed by atoms with Gasteiger partial charge in [0.25, 0.3) is 5.91 Å². The van der Waals surface area contributed by atoms with E-state index < -0.39 is 0 Å². The van der Waals surface area contributed by atoms with Gasteiger partial charge in [-0.3, -0.25) is 4.79 Å².